The number of aromatic nitrogens is 3. The Labute approximate surface area is 146 Å². The fraction of sp³-hybridized carbons (Fsp3) is 0.562. The summed E-state index contributed by atoms with van der Waals surface area (Å²) in [5.74, 6) is 1.69. The minimum atomic E-state index is -0.361. The van der Waals surface area contributed by atoms with Gasteiger partial charge in [0.2, 0.25) is 5.91 Å². The second-order valence-electron chi connectivity index (χ2n) is 6.39. The maximum absolute atomic E-state index is 11.2. The number of carbonyl (C=O) groups is 1. The standard InChI is InChI=1S/C16H23N5O2S/c1-12-4-7-19(8-5-12)11-21-16(24)20(9-6-14(17)22)15(18-21)13-3-2-10-23-13/h2-3,10,12H,4-9,11H2,1H3,(H2,17,22). The molecule has 0 unspecified atom stereocenters. The maximum atomic E-state index is 11.2. The van der Waals surface area contributed by atoms with Crippen molar-refractivity contribution in [1.29, 1.82) is 0 Å². The van der Waals surface area contributed by atoms with Crippen LogP contribution in [0, 0.1) is 10.7 Å². The Morgan fingerprint density at radius 2 is 2.21 bits per heavy atom. The molecule has 1 aliphatic rings. The van der Waals surface area contributed by atoms with Crippen molar-refractivity contribution < 1.29 is 9.21 Å². The number of amides is 1. The van der Waals surface area contributed by atoms with Crippen LogP contribution in [0.3, 0.4) is 0 Å². The first-order valence-electron chi connectivity index (χ1n) is 8.27. The molecule has 2 N–H and O–H groups in total. The Morgan fingerprint density at radius 3 is 2.83 bits per heavy atom. The molecular weight excluding hydrogens is 326 g/mol. The van der Waals surface area contributed by atoms with Crippen LogP contribution in [-0.4, -0.2) is 38.2 Å². The SMILES string of the molecule is CC1CCN(Cn2nc(-c3ccco3)n(CCC(N)=O)c2=S)CC1. The fourth-order valence-corrected chi connectivity index (χ4v) is 3.21. The Hall–Kier alpha value is -1.93. The minimum Gasteiger partial charge on any atom is -0.461 e. The summed E-state index contributed by atoms with van der Waals surface area (Å²) in [6, 6.07) is 3.65. The Bertz CT molecular complexity index is 741. The molecular formula is C16H23N5O2S. The first-order chi connectivity index (χ1) is 11.5. The molecule has 1 saturated heterocycles. The predicted octanol–water partition coefficient (Wildman–Crippen LogP) is 2.24. The normalized spacial score (nSPS) is 16.5. The topological polar surface area (TPSA) is 82.2 Å². The smallest absolute Gasteiger partial charge is 0.219 e. The third-order valence-electron chi connectivity index (χ3n) is 4.46. The number of primary amides is 1. The van der Waals surface area contributed by atoms with Crippen LogP contribution in [0.1, 0.15) is 26.2 Å². The number of piperidine rings is 1. The van der Waals surface area contributed by atoms with Crippen molar-refractivity contribution in [2.45, 2.75) is 39.4 Å². The van der Waals surface area contributed by atoms with Gasteiger partial charge in [-0.2, -0.15) is 0 Å². The van der Waals surface area contributed by atoms with E-state index in [1.807, 2.05) is 21.4 Å². The van der Waals surface area contributed by atoms with E-state index in [0.717, 1.165) is 19.0 Å². The molecule has 8 heteroatoms. The van der Waals surface area contributed by atoms with Gasteiger partial charge in [0, 0.05) is 26.1 Å². The highest BCUT2D eigenvalue weighted by Gasteiger charge is 2.20. The Morgan fingerprint density at radius 1 is 1.46 bits per heavy atom. The lowest BCUT2D eigenvalue weighted by molar-refractivity contribution is -0.118. The van der Waals surface area contributed by atoms with E-state index in [2.05, 4.69) is 16.9 Å². The first-order valence-corrected chi connectivity index (χ1v) is 8.67. The second-order valence-corrected chi connectivity index (χ2v) is 6.76. The van der Waals surface area contributed by atoms with Crippen molar-refractivity contribution in [1.82, 2.24) is 19.2 Å². The average molecular weight is 349 g/mol. The molecule has 0 spiro atoms. The van der Waals surface area contributed by atoms with E-state index in [4.69, 9.17) is 22.4 Å². The van der Waals surface area contributed by atoms with Gasteiger partial charge < -0.3 is 10.2 Å². The van der Waals surface area contributed by atoms with E-state index in [1.165, 1.54) is 12.8 Å². The van der Waals surface area contributed by atoms with E-state index in [-0.39, 0.29) is 12.3 Å². The molecule has 0 aliphatic carbocycles. The number of hydrogen-bond acceptors (Lipinski definition) is 5. The molecule has 1 amide bonds. The van der Waals surface area contributed by atoms with Crippen LogP contribution in [0.15, 0.2) is 22.8 Å². The van der Waals surface area contributed by atoms with Gasteiger partial charge in [-0.05, 0) is 43.1 Å². The minimum absolute atomic E-state index is 0.217. The summed E-state index contributed by atoms with van der Waals surface area (Å²) in [5, 5.41) is 4.63. The summed E-state index contributed by atoms with van der Waals surface area (Å²) >= 11 is 5.57. The summed E-state index contributed by atoms with van der Waals surface area (Å²) < 4.78 is 9.69. The van der Waals surface area contributed by atoms with Crippen LogP contribution >= 0.6 is 12.2 Å². The zero-order chi connectivity index (χ0) is 17.1. The molecule has 0 aromatic carbocycles. The highest BCUT2D eigenvalue weighted by Crippen LogP contribution is 2.21. The predicted molar refractivity (Wildman–Crippen MR) is 92.5 cm³/mol. The molecule has 24 heavy (non-hydrogen) atoms. The Kier molecular flexibility index (Phi) is 5.15. The van der Waals surface area contributed by atoms with Crippen LogP contribution in [0.4, 0.5) is 0 Å². The zero-order valence-corrected chi connectivity index (χ0v) is 14.7. The molecule has 0 saturated carbocycles. The summed E-state index contributed by atoms with van der Waals surface area (Å²) in [4.78, 5) is 13.5. The molecule has 2 aromatic rings. The Balaban J connectivity index is 1.85. The quantitative estimate of drug-likeness (QED) is 0.809. The number of carbonyl (C=O) groups excluding carboxylic acids is 1. The summed E-state index contributed by atoms with van der Waals surface area (Å²) in [5.41, 5.74) is 5.28. The summed E-state index contributed by atoms with van der Waals surface area (Å²) in [6.07, 6.45) is 4.21. The lowest BCUT2D eigenvalue weighted by Gasteiger charge is -2.29. The number of likely N-dealkylation sites (tertiary alicyclic amines) is 1. The van der Waals surface area contributed by atoms with Crippen molar-refractivity contribution in [3.63, 3.8) is 0 Å². The van der Waals surface area contributed by atoms with Gasteiger partial charge in [0.05, 0.1) is 12.9 Å². The highest BCUT2D eigenvalue weighted by molar-refractivity contribution is 7.71. The maximum Gasteiger partial charge on any atom is 0.219 e. The van der Waals surface area contributed by atoms with Gasteiger partial charge in [0.1, 0.15) is 0 Å². The van der Waals surface area contributed by atoms with Gasteiger partial charge in [0.25, 0.3) is 0 Å². The molecule has 2 aromatic heterocycles. The molecule has 3 rings (SSSR count). The largest absolute Gasteiger partial charge is 0.461 e. The van der Waals surface area contributed by atoms with Crippen LogP contribution in [0.2, 0.25) is 0 Å². The lowest BCUT2D eigenvalue weighted by atomic mass is 10.00. The van der Waals surface area contributed by atoms with E-state index < -0.39 is 0 Å². The van der Waals surface area contributed by atoms with Crippen LogP contribution < -0.4 is 5.73 Å². The monoisotopic (exact) mass is 349 g/mol. The van der Waals surface area contributed by atoms with Gasteiger partial charge in [0.15, 0.2) is 16.4 Å². The van der Waals surface area contributed by atoms with Crippen molar-refractivity contribution in [3.8, 4) is 11.6 Å². The molecule has 0 bridgehead atoms. The second kappa shape index (κ2) is 7.31. The fourth-order valence-electron chi connectivity index (χ4n) is 2.94. The molecule has 7 nitrogen and oxygen atoms in total. The van der Waals surface area contributed by atoms with Crippen molar-refractivity contribution >= 4 is 18.1 Å². The van der Waals surface area contributed by atoms with Gasteiger partial charge in [-0.25, -0.2) is 4.68 Å². The van der Waals surface area contributed by atoms with Gasteiger partial charge in [-0.1, -0.05) is 6.92 Å². The molecule has 0 radical (unpaired) electrons. The number of nitrogens with two attached hydrogens (primary N) is 1. The van der Waals surface area contributed by atoms with Crippen LogP contribution in [-0.2, 0) is 18.0 Å². The summed E-state index contributed by atoms with van der Waals surface area (Å²) in [7, 11) is 0. The molecule has 0 atom stereocenters. The van der Waals surface area contributed by atoms with E-state index in [0.29, 0.717) is 29.6 Å². The van der Waals surface area contributed by atoms with Crippen molar-refractivity contribution in [2.75, 3.05) is 13.1 Å². The molecule has 3 heterocycles. The van der Waals surface area contributed by atoms with Gasteiger partial charge in [-0.3, -0.25) is 14.3 Å². The van der Waals surface area contributed by atoms with Gasteiger partial charge >= 0.3 is 0 Å². The average Bonchev–Trinajstić information content (AvgIpc) is 3.17. The number of furan rings is 1. The van der Waals surface area contributed by atoms with Gasteiger partial charge in [-0.15, -0.1) is 5.10 Å². The van der Waals surface area contributed by atoms with E-state index in [1.54, 1.807) is 6.26 Å². The van der Waals surface area contributed by atoms with E-state index >= 15 is 0 Å². The first kappa shape index (κ1) is 16.9. The lowest BCUT2D eigenvalue weighted by Crippen LogP contribution is -2.34. The zero-order valence-electron chi connectivity index (χ0n) is 13.9. The molecule has 1 fully saturated rings. The molecule has 1 aliphatic heterocycles. The van der Waals surface area contributed by atoms with Crippen LogP contribution in [0.5, 0.6) is 0 Å². The number of rotatable bonds is 6. The third kappa shape index (κ3) is 3.76. The highest BCUT2D eigenvalue weighted by atomic mass is 32.1. The van der Waals surface area contributed by atoms with Crippen molar-refractivity contribution in [2.24, 2.45) is 11.7 Å². The van der Waals surface area contributed by atoms with Crippen LogP contribution in [0.25, 0.3) is 11.6 Å². The summed E-state index contributed by atoms with van der Waals surface area (Å²) in [6.45, 7) is 5.45. The molecule has 130 valence electrons. The third-order valence-corrected chi connectivity index (χ3v) is 4.89. The van der Waals surface area contributed by atoms with E-state index in [9.17, 15) is 4.79 Å². The number of hydrogen-bond donors (Lipinski definition) is 1. The number of nitrogens with zero attached hydrogens (tertiary/aromatic N) is 4. The van der Waals surface area contributed by atoms with Crippen molar-refractivity contribution in [3.05, 3.63) is 23.2 Å².